The van der Waals surface area contributed by atoms with Crippen molar-refractivity contribution in [1.29, 1.82) is 5.26 Å². The molecule has 1 aliphatic rings. The van der Waals surface area contributed by atoms with Crippen molar-refractivity contribution in [3.63, 3.8) is 0 Å². The Kier molecular flexibility index (Phi) is 4.51. The second kappa shape index (κ2) is 6.59. The van der Waals surface area contributed by atoms with E-state index in [1.165, 1.54) is 16.8 Å². The van der Waals surface area contributed by atoms with Crippen LogP contribution < -0.4 is 5.32 Å². The van der Waals surface area contributed by atoms with Crippen LogP contribution in [0.3, 0.4) is 0 Å². The van der Waals surface area contributed by atoms with Gasteiger partial charge in [-0.3, -0.25) is 4.68 Å². The Morgan fingerprint density at radius 2 is 2.21 bits per heavy atom. The first-order valence-electron chi connectivity index (χ1n) is 7.56. The molecule has 0 aliphatic carbocycles. The van der Waals surface area contributed by atoms with E-state index in [1.807, 2.05) is 16.8 Å². The minimum absolute atomic E-state index is 0.348. The van der Waals surface area contributed by atoms with Crippen molar-refractivity contribution in [2.45, 2.75) is 26.1 Å². The molecule has 0 amide bonds. The van der Waals surface area contributed by atoms with Crippen molar-refractivity contribution in [1.82, 2.24) is 19.1 Å². The fraction of sp³-hybridized carbons (Fsp3) is 0.400. The molecule has 2 aromatic heterocycles. The summed E-state index contributed by atoms with van der Waals surface area (Å²) in [6.07, 6.45) is 3.48. The third-order valence-corrected chi connectivity index (χ3v) is 5.09. The van der Waals surface area contributed by atoms with Crippen LogP contribution in [0.15, 0.2) is 24.4 Å². The molecule has 0 aromatic carbocycles. The minimum atomic E-state index is -3.20. The van der Waals surface area contributed by atoms with E-state index < -0.39 is 10.0 Å². The summed E-state index contributed by atoms with van der Waals surface area (Å²) in [4.78, 5) is 4.15. The van der Waals surface area contributed by atoms with Gasteiger partial charge in [-0.1, -0.05) is 0 Å². The van der Waals surface area contributed by atoms with Gasteiger partial charge in [-0.15, -0.1) is 0 Å². The van der Waals surface area contributed by atoms with Gasteiger partial charge in [-0.05, 0) is 24.6 Å². The number of fused-ring (bicyclic) bond motifs is 1. The van der Waals surface area contributed by atoms with E-state index in [0.29, 0.717) is 37.6 Å². The molecule has 0 unspecified atom stereocenters. The van der Waals surface area contributed by atoms with Gasteiger partial charge >= 0.3 is 0 Å². The summed E-state index contributed by atoms with van der Waals surface area (Å²) < 4.78 is 26.9. The van der Waals surface area contributed by atoms with Crippen LogP contribution in [0.4, 0.5) is 5.82 Å². The van der Waals surface area contributed by atoms with Gasteiger partial charge in [-0.25, -0.2) is 13.4 Å². The average molecular weight is 346 g/mol. The second-order valence-corrected chi connectivity index (χ2v) is 7.68. The zero-order chi connectivity index (χ0) is 17.2. The second-order valence-electron chi connectivity index (χ2n) is 5.70. The molecular weight excluding hydrogens is 328 g/mol. The molecule has 0 atom stereocenters. The molecule has 0 saturated carbocycles. The summed E-state index contributed by atoms with van der Waals surface area (Å²) in [6.45, 7) is 2.06. The van der Waals surface area contributed by atoms with Crippen LogP contribution in [0, 0.1) is 11.3 Å². The van der Waals surface area contributed by atoms with E-state index in [2.05, 4.69) is 15.4 Å². The quantitative estimate of drug-likeness (QED) is 0.883. The molecular formula is C15H18N6O2S. The van der Waals surface area contributed by atoms with Crippen molar-refractivity contribution in [3.05, 3.63) is 41.3 Å². The number of aromatic nitrogens is 3. The third kappa shape index (κ3) is 3.72. The molecule has 0 bridgehead atoms. The molecule has 24 heavy (non-hydrogen) atoms. The monoisotopic (exact) mass is 346 g/mol. The number of rotatable bonds is 4. The highest BCUT2D eigenvalue weighted by Crippen LogP contribution is 2.16. The zero-order valence-electron chi connectivity index (χ0n) is 13.3. The van der Waals surface area contributed by atoms with E-state index in [1.54, 1.807) is 12.1 Å². The number of sulfonamides is 1. The van der Waals surface area contributed by atoms with E-state index in [0.717, 1.165) is 17.8 Å². The fourth-order valence-corrected chi connectivity index (χ4v) is 3.44. The van der Waals surface area contributed by atoms with Gasteiger partial charge in [0.15, 0.2) is 0 Å². The first-order valence-corrected chi connectivity index (χ1v) is 9.41. The highest BCUT2D eigenvalue weighted by molar-refractivity contribution is 7.88. The predicted molar refractivity (Wildman–Crippen MR) is 88.4 cm³/mol. The number of anilines is 1. The number of nitrogens with zero attached hydrogens (tertiary/aromatic N) is 5. The molecule has 0 radical (unpaired) electrons. The molecule has 3 rings (SSSR count). The summed E-state index contributed by atoms with van der Waals surface area (Å²) in [5.74, 6) is 0.662. The summed E-state index contributed by atoms with van der Waals surface area (Å²) >= 11 is 0. The highest BCUT2D eigenvalue weighted by atomic mass is 32.2. The molecule has 0 spiro atoms. The van der Waals surface area contributed by atoms with Crippen molar-refractivity contribution < 1.29 is 8.42 Å². The Morgan fingerprint density at radius 3 is 2.88 bits per heavy atom. The van der Waals surface area contributed by atoms with Crippen LogP contribution in [0.1, 0.15) is 23.4 Å². The van der Waals surface area contributed by atoms with Gasteiger partial charge in [0.05, 0.1) is 36.3 Å². The maximum Gasteiger partial charge on any atom is 0.211 e. The lowest BCUT2D eigenvalue weighted by molar-refractivity contribution is 0.414. The van der Waals surface area contributed by atoms with E-state index in [9.17, 15) is 8.42 Å². The molecule has 2 aromatic rings. The van der Waals surface area contributed by atoms with E-state index in [4.69, 9.17) is 5.26 Å². The van der Waals surface area contributed by atoms with Crippen LogP contribution >= 0.6 is 0 Å². The first kappa shape index (κ1) is 16.4. The van der Waals surface area contributed by atoms with Gasteiger partial charge in [0.2, 0.25) is 10.0 Å². The molecule has 9 heteroatoms. The molecule has 0 fully saturated rings. The Morgan fingerprint density at radius 1 is 1.38 bits per heavy atom. The van der Waals surface area contributed by atoms with Gasteiger partial charge < -0.3 is 5.32 Å². The van der Waals surface area contributed by atoms with Crippen molar-refractivity contribution >= 4 is 15.8 Å². The fourth-order valence-electron chi connectivity index (χ4n) is 2.61. The lowest BCUT2D eigenvalue weighted by Gasteiger charge is -2.16. The number of nitriles is 1. The van der Waals surface area contributed by atoms with Gasteiger partial charge in [-0.2, -0.15) is 14.7 Å². The van der Waals surface area contributed by atoms with Crippen LogP contribution in [-0.2, 0) is 29.7 Å². The van der Waals surface area contributed by atoms with Crippen LogP contribution in [0.5, 0.6) is 0 Å². The molecule has 126 valence electrons. The smallest absolute Gasteiger partial charge is 0.211 e. The van der Waals surface area contributed by atoms with Gasteiger partial charge in [0.1, 0.15) is 11.9 Å². The van der Waals surface area contributed by atoms with Gasteiger partial charge in [0, 0.05) is 19.3 Å². The number of aryl methyl sites for hydroxylation is 1. The molecule has 1 N–H and O–H groups in total. The molecule has 8 nitrogen and oxygen atoms in total. The number of hydrogen-bond donors (Lipinski definition) is 1. The average Bonchev–Trinajstić information content (AvgIpc) is 2.82. The van der Waals surface area contributed by atoms with Crippen molar-refractivity contribution in [2.75, 3.05) is 18.1 Å². The molecule has 3 heterocycles. The Hall–Kier alpha value is -2.44. The van der Waals surface area contributed by atoms with E-state index >= 15 is 0 Å². The Bertz CT molecular complexity index is 866. The zero-order valence-corrected chi connectivity index (χ0v) is 14.1. The third-order valence-electron chi connectivity index (χ3n) is 3.84. The van der Waals surface area contributed by atoms with Crippen LogP contribution in [-0.4, -0.2) is 40.3 Å². The number of nitrogens with one attached hydrogen (secondary N) is 1. The maximum absolute atomic E-state index is 11.8. The van der Waals surface area contributed by atoms with Crippen molar-refractivity contribution in [2.24, 2.45) is 0 Å². The SMILES string of the molecule is CS(=O)(=O)N1CCCn2nc(CNc3ccc(C#N)cn3)cc2C1. The van der Waals surface area contributed by atoms with Crippen molar-refractivity contribution in [3.8, 4) is 6.07 Å². The summed E-state index contributed by atoms with van der Waals surface area (Å²) in [7, 11) is -3.20. The number of hydrogen-bond acceptors (Lipinski definition) is 6. The van der Waals surface area contributed by atoms with Crippen LogP contribution in [0.2, 0.25) is 0 Å². The van der Waals surface area contributed by atoms with E-state index in [-0.39, 0.29) is 0 Å². The Balaban J connectivity index is 1.69. The molecule has 0 saturated heterocycles. The molecule has 1 aliphatic heterocycles. The number of pyridine rings is 1. The summed E-state index contributed by atoms with van der Waals surface area (Å²) in [5.41, 5.74) is 2.23. The minimum Gasteiger partial charge on any atom is -0.364 e. The van der Waals surface area contributed by atoms with Crippen LogP contribution in [0.25, 0.3) is 0 Å². The topological polar surface area (TPSA) is 104 Å². The first-order chi connectivity index (χ1) is 11.5. The summed E-state index contributed by atoms with van der Waals surface area (Å²) in [6, 6.07) is 7.38. The predicted octanol–water partition coefficient (Wildman–Crippen LogP) is 0.927. The lowest BCUT2D eigenvalue weighted by Crippen LogP contribution is -2.29. The van der Waals surface area contributed by atoms with Gasteiger partial charge in [0.25, 0.3) is 0 Å². The largest absolute Gasteiger partial charge is 0.364 e. The Labute approximate surface area is 140 Å². The summed E-state index contributed by atoms with van der Waals surface area (Å²) in [5, 5.41) is 16.4. The normalized spacial score (nSPS) is 15.3. The lowest BCUT2D eigenvalue weighted by atomic mass is 10.3. The highest BCUT2D eigenvalue weighted by Gasteiger charge is 2.22. The standard InChI is InChI=1S/C15H18N6O2S/c1-24(22,23)20-5-2-6-21-14(11-20)7-13(19-21)10-18-15-4-3-12(8-16)9-17-15/h3-4,7,9H,2,5-6,10-11H2,1H3,(H,17,18). The maximum atomic E-state index is 11.8.